The Bertz CT molecular complexity index is 516. The van der Waals surface area contributed by atoms with E-state index in [4.69, 9.17) is 5.11 Å². The molecule has 2 aromatic rings. The zero-order valence-corrected chi connectivity index (χ0v) is 11.6. The lowest BCUT2D eigenvalue weighted by atomic mass is 10.3. The molecule has 17 heavy (non-hydrogen) atoms. The number of aryl methyl sites for hydroxylation is 2. The van der Waals surface area contributed by atoms with Gasteiger partial charge < -0.3 is 9.67 Å². The third-order valence-corrected chi connectivity index (χ3v) is 3.74. The smallest absolute Gasteiger partial charge is 0.0767 e. The van der Waals surface area contributed by atoms with E-state index in [1.165, 1.54) is 0 Å². The predicted octanol–water partition coefficient (Wildman–Crippen LogP) is 2.09. The number of nitrogens with zero attached hydrogens (tertiary/aromatic N) is 3. The molecule has 0 unspecified atom stereocenters. The van der Waals surface area contributed by atoms with Crippen LogP contribution in [0.2, 0.25) is 0 Å². The Morgan fingerprint density at radius 1 is 1.47 bits per heavy atom. The molecular formula is C12H16BrN3O. The van der Waals surface area contributed by atoms with Crippen LogP contribution in [-0.4, -0.2) is 19.5 Å². The zero-order chi connectivity index (χ0) is 12.4. The SMILES string of the molecule is CCc1nn(C)c(Cn2ccc(CO)c2)c1Br. The van der Waals surface area contributed by atoms with Crippen molar-refractivity contribution in [2.75, 3.05) is 0 Å². The van der Waals surface area contributed by atoms with Crippen LogP contribution >= 0.6 is 15.9 Å². The Morgan fingerprint density at radius 2 is 2.24 bits per heavy atom. The summed E-state index contributed by atoms with van der Waals surface area (Å²) in [5, 5.41) is 13.5. The standard InChI is InChI=1S/C12H16BrN3O/c1-3-10-12(13)11(15(2)14-10)7-16-5-4-9(6-16)8-17/h4-6,17H,3,7-8H2,1-2H3. The highest BCUT2D eigenvalue weighted by atomic mass is 79.9. The van der Waals surface area contributed by atoms with E-state index in [0.29, 0.717) is 0 Å². The lowest BCUT2D eigenvalue weighted by Crippen LogP contribution is -2.04. The summed E-state index contributed by atoms with van der Waals surface area (Å²) in [5.41, 5.74) is 3.15. The third kappa shape index (κ3) is 2.45. The first kappa shape index (κ1) is 12.4. The molecule has 0 fully saturated rings. The Balaban J connectivity index is 2.26. The first-order valence-electron chi connectivity index (χ1n) is 5.61. The van der Waals surface area contributed by atoms with Crippen molar-refractivity contribution in [3.63, 3.8) is 0 Å². The van der Waals surface area contributed by atoms with Gasteiger partial charge in [0.2, 0.25) is 0 Å². The van der Waals surface area contributed by atoms with Crippen molar-refractivity contribution in [2.24, 2.45) is 7.05 Å². The van der Waals surface area contributed by atoms with Crippen LogP contribution in [-0.2, 0) is 26.6 Å². The molecule has 0 saturated carbocycles. The highest BCUT2D eigenvalue weighted by molar-refractivity contribution is 9.10. The molecule has 1 N–H and O–H groups in total. The zero-order valence-electron chi connectivity index (χ0n) is 10.0. The molecule has 0 amide bonds. The second kappa shape index (κ2) is 5.06. The maximum absolute atomic E-state index is 9.03. The highest BCUT2D eigenvalue weighted by Crippen LogP contribution is 2.22. The van der Waals surface area contributed by atoms with Gasteiger partial charge in [-0.05, 0) is 34.0 Å². The van der Waals surface area contributed by atoms with E-state index in [1.807, 2.05) is 34.8 Å². The minimum absolute atomic E-state index is 0.0831. The van der Waals surface area contributed by atoms with Crippen LogP contribution in [0.3, 0.4) is 0 Å². The minimum atomic E-state index is 0.0831. The van der Waals surface area contributed by atoms with Crippen LogP contribution in [0, 0.1) is 0 Å². The van der Waals surface area contributed by atoms with Crippen molar-refractivity contribution in [1.82, 2.24) is 14.3 Å². The van der Waals surface area contributed by atoms with Crippen molar-refractivity contribution < 1.29 is 5.11 Å². The second-order valence-electron chi connectivity index (χ2n) is 4.03. The maximum atomic E-state index is 9.03. The Kier molecular flexibility index (Phi) is 3.69. The molecule has 2 rings (SSSR count). The molecule has 0 saturated heterocycles. The molecule has 0 bridgehead atoms. The van der Waals surface area contributed by atoms with E-state index >= 15 is 0 Å². The Labute approximate surface area is 109 Å². The molecule has 0 atom stereocenters. The quantitative estimate of drug-likeness (QED) is 0.939. The first-order chi connectivity index (χ1) is 8.15. The first-order valence-corrected chi connectivity index (χ1v) is 6.40. The molecule has 0 aliphatic rings. The lowest BCUT2D eigenvalue weighted by Gasteiger charge is -2.04. The number of aromatic nitrogens is 3. The summed E-state index contributed by atoms with van der Waals surface area (Å²) in [4.78, 5) is 0. The monoisotopic (exact) mass is 297 g/mol. The number of aliphatic hydroxyl groups excluding tert-OH is 1. The van der Waals surface area contributed by atoms with Gasteiger partial charge in [0.1, 0.15) is 0 Å². The van der Waals surface area contributed by atoms with Crippen LogP contribution in [0.15, 0.2) is 22.9 Å². The molecule has 0 aliphatic heterocycles. The van der Waals surface area contributed by atoms with Gasteiger partial charge in [-0.15, -0.1) is 0 Å². The normalized spacial score (nSPS) is 11.1. The lowest BCUT2D eigenvalue weighted by molar-refractivity contribution is 0.281. The molecule has 4 nitrogen and oxygen atoms in total. The van der Waals surface area contributed by atoms with Gasteiger partial charge in [0.25, 0.3) is 0 Å². The fourth-order valence-corrected chi connectivity index (χ4v) is 2.59. The average Bonchev–Trinajstić information content (AvgIpc) is 2.88. The highest BCUT2D eigenvalue weighted by Gasteiger charge is 2.12. The summed E-state index contributed by atoms with van der Waals surface area (Å²) in [7, 11) is 1.95. The molecular weight excluding hydrogens is 282 g/mol. The van der Waals surface area contributed by atoms with Crippen molar-refractivity contribution in [1.29, 1.82) is 0 Å². The van der Waals surface area contributed by atoms with E-state index < -0.39 is 0 Å². The topological polar surface area (TPSA) is 43.0 Å². The van der Waals surface area contributed by atoms with Crippen LogP contribution < -0.4 is 0 Å². The van der Waals surface area contributed by atoms with Gasteiger partial charge in [0.15, 0.2) is 0 Å². The molecule has 0 spiro atoms. The number of hydrogen-bond donors (Lipinski definition) is 1. The summed E-state index contributed by atoms with van der Waals surface area (Å²) >= 11 is 3.60. The number of aliphatic hydroxyl groups is 1. The molecule has 5 heteroatoms. The van der Waals surface area contributed by atoms with Gasteiger partial charge in [-0.25, -0.2) is 0 Å². The minimum Gasteiger partial charge on any atom is -0.392 e. The summed E-state index contributed by atoms with van der Waals surface area (Å²) in [5.74, 6) is 0. The average molecular weight is 298 g/mol. The van der Waals surface area contributed by atoms with E-state index in [0.717, 1.165) is 34.4 Å². The number of rotatable bonds is 4. The summed E-state index contributed by atoms with van der Waals surface area (Å²) in [6.07, 6.45) is 4.84. The van der Waals surface area contributed by atoms with Gasteiger partial charge in [0.05, 0.1) is 29.0 Å². The van der Waals surface area contributed by atoms with Gasteiger partial charge in [-0.3, -0.25) is 4.68 Å². The molecule has 2 aromatic heterocycles. The summed E-state index contributed by atoms with van der Waals surface area (Å²) < 4.78 is 5.04. The summed E-state index contributed by atoms with van der Waals surface area (Å²) in [6, 6.07) is 1.92. The van der Waals surface area contributed by atoms with E-state index in [2.05, 4.69) is 28.0 Å². The van der Waals surface area contributed by atoms with Crippen LogP contribution in [0.5, 0.6) is 0 Å². The van der Waals surface area contributed by atoms with Crippen molar-refractivity contribution in [3.05, 3.63) is 39.9 Å². The molecule has 2 heterocycles. The van der Waals surface area contributed by atoms with Crippen LogP contribution in [0.1, 0.15) is 23.9 Å². The third-order valence-electron chi connectivity index (χ3n) is 2.83. The second-order valence-corrected chi connectivity index (χ2v) is 4.83. The largest absolute Gasteiger partial charge is 0.392 e. The predicted molar refractivity (Wildman–Crippen MR) is 69.7 cm³/mol. The fourth-order valence-electron chi connectivity index (χ4n) is 1.85. The molecule has 0 aromatic carbocycles. The molecule has 0 aliphatic carbocycles. The van der Waals surface area contributed by atoms with E-state index in [1.54, 1.807) is 0 Å². The van der Waals surface area contributed by atoms with Crippen LogP contribution in [0.4, 0.5) is 0 Å². The van der Waals surface area contributed by atoms with Gasteiger partial charge in [-0.2, -0.15) is 5.10 Å². The Hall–Kier alpha value is -1.07. The number of hydrogen-bond acceptors (Lipinski definition) is 2. The Morgan fingerprint density at radius 3 is 2.76 bits per heavy atom. The number of halogens is 1. The van der Waals surface area contributed by atoms with E-state index in [9.17, 15) is 0 Å². The van der Waals surface area contributed by atoms with Crippen molar-refractivity contribution in [3.8, 4) is 0 Å². The van der Waals surface area contributed by atoms with Gasteiger partial charge in [-0.1, -0.05) is 6.92 Å². The van der Waals surface area contributed by atoms with Crippen LogP contribution in [0.25, 0.3) is 0 Å². The van der Waals surface area contributed by atoms with E-state index in [-0.39, 0.29) is 6.61 Å². The summed E-state index contributed by atoms with van der Waals surface area (Å²) in [6.45, 7) is 2.93. The van der Waals surface area contributed by atoms with Gasteiger partial charge in [0, 0.05) is 19.4 Å². The van der Waals surface area contributed by atoms with Crippen molar-refractivity contribution in [2.45, 2.75) is 26.5 Å². The van der Waals surface area contributed by atoms with Gasteiger partial charge >= 0.3 is 0 Å². The fraction of sp³-hybridized carbons (Fsp3) is 0.417. The molecule has 92 valence electrons. The molecule has 0 radical (unpaired) electrons. The maximum Gasteiger partial charge on any atom is 0.0767 e. The van der Waals surface area contributed by atoms with Crippen molar-refractivity contribution >= 4 is 15.9 Å².